The molecule has 0 aliphatic heterocycles. The Morgan fingerprint density at radius 2 is 1.83 bits per heavy atom. The molecule has 23 heavy (non-hydrogen) atoms. The van der Waals surface area contributed by atoms with E-state index in [0.717, 1.165) is 12.1 Å². The fourth-order valence-electron chi connectivity index (χ4n) is 1.73. The van der Waals surface area contributed by atoms with Gasteiger partial charge in [-0.25, -0.2) is 9.78 Å². The summed E-state index contributed by atoms with van der Waals surface area (Å²) < 4.78 is 44.9. The number of alkyl halides is 3. The molecule has 4 nitrogen and oxygen atoms in total. The Balaban J connectivity index is 2.41. The van der Waals surface area contributed by atoms with Crippen molar-refractivity contribution in [1.82, 2.24) is 4.98 Å². The van der Waals surface area contributed by atoms with Crippen molar-refractivity contribution in [2.75, 3.05) is 7.11 Å². The van der Waals surface area contributed by atoms with Crippen molar-refractivity contribution in [2.45, 2.75) is 6.36 Å². The Morgan fingerprint density at radius 3 is 2.39 bits per heavy atom. The number of nitrogens with zero attached hydrogens (tertiary/aromatic N) is 1. The van der Waals surface area contributed by atoms with Gasteiger partial charge in [0.15, 0.2) is 5.69 Å². The van der Waals surface area contributed by atoms with Crippen LogP contribution in [0.1, 0.15) is 10.5 Å². The van der Waals surface area contributed by atoms with E-state index in [2.05, 4.69) is 14.5 Å². The molecule has 1 heterocycles. The first-order valence-corrected chi connectivity index (χ1v) is 6.77. The van der Waals surface area contributed by atoms with E-state index in [1.807, 2.05) is 0 Å². The largest absolute Gasteiger partial charge is 0.573 e. The highest BCUT2D eigenvalue weighted by Gasteiger charge is 2.31. The summed E-state index contributed by atoms with van der Waals surface area (Å²) in [6, 6.07) is 6.26. The lowest BCUT2D eigenvalue weighted by atomic mass is 10.1. The van der Waals surface area contributed by atoms with Crippen molar-refractivity contribution in [3.8, 4) is 17.0 Å². The summed E-state index contributed by atoms with van der Waals surface area (Å²) in [6.07, 6.45) is -4.82. The summed E-state index contributed by atoms with van der Waals surface area (Å²) in [7, 11) is 1.17. The Bertz CT molecular complexity index is 751. The molecule has 0 bridgehead atoms. The number of benzene rings is 1. The smallest absolute Gasteiger partial charge is 0.464 e. The number of hydrogen-bond donors (Lipinski definition) is 0. The number of aromatic nitrogens is 1. The predicted octanol–water partition coefficient (Wildman–Crippen LogP) is 4.74. The fraction of sp³-hybridized carbons (Fsp3) is 0.143. The van der Waals surface area contributed by atoms with Crippen molar-refractivity contribution >= 4 is 29.2 Å². The number of pyridine rings is 1. The molecule has 0 aliphatic carbocycles. The van der Waals surface area contributed by atoms with Gasteiger partial charge >= 0.3 is 12.3 Å². The van der Waals surface area contributed by atoms with Gasteiger partial charge in [0.05, 0.1) is 22.8 Å². The topological polar surface area (TPSA) is 48.4 Å². The monoisotopic (exact) mass is 365 g/mol. The van der Waals surface area contributed by atoms with Gasteiger partial charge < -0.3 is 9.47 Å². The predicted molar refractivity (Wildman–Crippen MR) is 77.7 cm³/mol. The number of carbonyl (C=O) groups is 1. The third kappa shape index (κ3) is 4.27. The van der Waals surface area contributed by atoms with Gasteiger partial charge in [-0.05, 0) is 30.3 Å². The van der Waals surface area contributed by atoms with E-state index in [1.54, 1.807) is 0 Å². The normalized spacial score (nSPS) is 11.2. The SMILES string of the molecule is COC(=O)c1nc(-c2ccc(OC(F)(F)F)cc2Cl)ccc1Cl. The van der Waals surface area contributed by atoms with Gasteiger partial charge in [-0.3, -0.25) is 0 Å². The maximum atomic E-state index is 12.2. The van der Waals surface area contributed by atoms with Crippen LogP contribution in [0.5, 0.6) is 5.75 Å². The summed E-state index contributed by atoms with van der Waals surface area (Å²) in [4.78, 5) is 15.6. The van der Waals surface area contributed by atoms with Crippen molar-refractivity contribution in [3.63, 3.8) is 0 Å². The third-order valence-electron chi connectivity index (χ3n) is 2.67. The lowest BCUT2D eigenvalue weighted by molar-refractivity contribution is -0.274. The van der Waals surface area contributed by atoms with Crippen LogP contribution in [0.25, 0.3) is 11.3 Å². The molecule has 2 aromatic rings. The molecule has 0 fully saturated rings. The number of hydrogen-bond acceptors (Lipinski definition) is 4. The van der Waals surface area contributed by atoms with E-state index < -0.39 is 18.1 Å². The van der Waals surface area contributed by atoms with Crippen LogP contribution in [0.15, 0.2) is 30.3 Å². The van der Waals surface area contributed by atoms with Gasteiger partial charge in [0.1, 0.15) is 5.75 Å². The van der Waals surface area contributed by atoms with E-state index >= 15 is 0 Å². The van der Waals surface area contributed by atoms with Gasteiger partial charge in [-0.15, -0.1) is 13.2 Å². The lowest BCUT2D eigenvalue weighted by Crippen LogP contribution is -2.17. The number of halogens is 5. The van der Waals surface area contributed by atoms with Gasteiger partial charge in [0.25, 0.3) is 0 Å². The van der Waals surface area contributed by atoms with Crippen molar-refractivity contribution in [2.24, 2.45) is 0 Å². The standard InChI is InChI=1S/C14H8Cl2F3NO3/c1-22-13(21)12-9(15)4-5-11(20-12)8-3-2-7(6-10(8)16)23-14(17,18)19/h2-6H,1H3. The second-order valence-corrected chi connectivity index (χ2v) is 5.02. The second kappa shape index (κ2) is 6.64. The average Bonchev–Trinajstić information content (AvgIpc) is 2.46. The molecule has 122 valence electrons. The molecular weight excluding hydrogens is 358 g/mol. The molecule has 2 rings (SSSR count). The molecule has 1 aromatic heterocycles. The zero-order valence-corrected chi connectivity index (χ0v) is 13.0. The Hall–Kier alpha value is -1.99. The van der Waals surface area contributed by atoms with Crippen LogP contribution in [-0.4, -0.2) is 24.4 Å². The Kier molecular flexibility index (Phi) is 5.01. The van der Waals surface area contributed by atoms with Gasteiger partial charge in [0, 0.05) is 5.56 Å². The Labute approximate surface area is 138 Å². The first kappa shape index (κ1) is 17.4. The molecule has 0 aliphatic rings. The lowest BCUT2D eigenvalue weighted by Gasteiger charge is -2.11. The van der Waals surface area contributed by atoms with Crippen molar-refractivity contribution in [1.29, 1.82) is 0 Å². The number of esters is 1. The molecule has 0 saturated carbocycles. The summed E-state index contributed by atoms with van der Waals surface area (Å²) in [5.74, 6) is -1.21. The zero-order chi connectivity index (χ0) is 17.2. The van der Waals surface area contributed by atoms with Crippen LogP contribution in [0.3, 0.4) is 0 Å². The van der Waals surface area contributed by atoms with Gasteiger partial charge in [-0.2, -0.15) is 0 Å². The summed E-state index contributed by atoms with van der Waals surface area (Å²) in [6.45, 7) is 0. The highest BCUT2D eigenvalue weighted by atomic mass is 35.5. The summed E-state index contributed by atoms with van der Waals surface area (Å²) in [5.41, 5.74) is 0.430. The van der Waals surface area contributed by atoms with Crippen molar-refractivity contribution < 1.29 is 27.4 Å². The second-order valence-electron chi connectivity index (χ2n) is 4.21. The number of carbonyl (C=O) groups excluding carboxylic acids is 1. The summed E-state index contributed by atoms with van der Waals surface area (Å²) >= 11 is 11.8. The Morgan fingerprint density at radius 1 is 1.13 bits per heavy atom. The van der Waals surface area contributed by atoms with Crippen LogP contribution in [-0.2, 0) is 4.74 Å². The van der Waals surface area contributed by atoms with Crippen LogP contribution in [0, 0.1) is 0 Å². The van der Waals surface area contributed by atoms with Gasteiger partial charge in [-0.1, -0.05) is 23.2 Å². The van der Waals surface area contributed by atoms with E-state index in [-0.39, 0.29) is 21.4 Å². The summed E-state index contributed by atoms with van der Waals surface area (Å²) in [5, 5.41) is 0.0473. The first-order valence-electron chi connectivity index (χ1n) is 6.02. The van der Waals surface area contributed by atoms with Crippen LogP contribution in [0.2, 0.25) is 10.0 Å². The minimum absolute atomic E-state index is 0.0302. The number of ether oxygens (including phenoxy) is 2. The maximum absolute atomic E-state index is 12.2. The van der Waals surface area contributed by atoms with Crippen LogP contribution >= 0.6 is 23.2 Å². The third-order valence-corrected chi connectivity index (χ3v) is 3.29. The van der Waals surface area contributed by atoms with Crippen LogP contribution in [0.4, 0.5) is 13.2 Å². The average molecular weight is 366 g/mol. The molecule has 0 amide bonds. The molecule has 0 atom stereocenters. The van der Waals surface area contributed by atoms with Gasteiger partial charge in [0.2, 0.25) is 0 Å². The molecule has 0 unspecified atom stereocenters. The number of methoxy groups -OCH3 is 1. The molecule has 0 spiro atoms. The molecular formula is C14H8Cl2F3NO3. The zero-order valence-electron chi connectivity index (χ0n) is 11.4. The molecule has 1 aromatic carbocycles. The molecule has 0 saturated heterocycles. The van der Waals surface area contributed by atoms with E-state index in [0.29, 0.717) is 5.56 Å². The van der Waals surface area contributed by atoms with E-state index in [1.165, 1.54) is 25.3 Å². The van der Waals surface area contributed by atoms with Crippen LogP contribution < -0.4 is 4.74 Å². The molecule has 0 radical (unpaired) electrons. The fourth-order valence-corrected chi connectivity index (χ4v) is 2.18. The maximum Gasteiger partial charge on any atom is 0.573 e. The minimum Gasteiger partial charge on any atom is -0.464 e. The first-order chi connectivity index (χ1) is 10.7. The van der Waals surface area contributed by atoms with E-state index in [9.17, 15) is 18.0 Å². The molecule has 0 N–H and O–H groups in total. The van der Waals surface area contributed by atoms with E-state index in [4.69, 9.17) is 23.2 Å². The van der Waals surface area contributed by atoms with Crippen molar-refractivity contribution in [3.05, 3.63) is 46.1 Å². The quantitative estimate of drug-likeness (QED) is 0.737. The molecule has 9 heteroatoms. The minimum atomic E-state index is -4.82. The highest BCUT2D eigenvalue weighted by molar-refractivity contribution is 6.34. The number of rotatable bonds is 3. The highest BCUT2D eigenvalue weighted by Crippen LogP contribution is 2.33.